The lowest BCUT2D eigenvalue weighted by atomic mass is 10.1. The number of nitrogens with two attached hydrogens (primary N) is 1. The van der Waals surface area contributed by atoms with Crippen molar-refractivity contribution in [3.63, 3.8) is 0 Å². The molecule has 0 aliphatic carbocycles. The number of anilines is 1. The van der Waals surface area contributed by atoms with Gasteiger partial charge >= 0.3 is 0 Å². The standard InChI is InChI=1S/C10H13N5/c1-3-10-12-13-14-15(10)9-6-4-5-8(11)7(9)2/h4-6H,3,11H2,1-2H3. The van der Waals surface area contributed by atoms with Crippen molar-refractivity contribution in [2.75, 3.05) is 5.73 Å². The Morgan fingerprint density at radius 3 is 2.93 bits per heavy atom. The average molecular weight is 203 g/mol. The zero-order valence-corrected chi connectivity index (χ0v) is 8.81. The van der Waals surface area contributed by atoms with Gasteiger partial charge in [0.15, 0.2) is 5.82 Å². The highest BCUT2D eigenvalue weighted by Gasteiger charge is 2.09. The zero-order chi connectivity index (χ0) is 10.8. The van der Waals surface area contributed by atoms with E-state index in [2.05, 4.69) is 15.5 Å². The highest BCUT2D eigenvalue weighted by atomic mass is 15.5. The molecule has 0 saturated heterocycles. The molecular weight excluding hydrogens is 190 g/mol. The van der Waals surface area contributed by atoms with Gasteiger partial charge in [-0.25, -0.2) is 0 Å². The highest BCUT2D eigenvalue weighted by molar-refractivity contribution is 5.56. The fourth-order valence-electron chi connectivity index (χ4n) is 1.48. The van der Waals surface area contributed by atoms with Gasteiger partial charge in [-0.3, -0.25) is 0 Å². The molecule has 0 aliphatic heterocycles. The quantitative estimate of drug-likeness (QED) is 0.742. The van der Waals surface area contributed by atoms with Crippen LogP contribution >= 0.6 is 0 Å². The van der Waals surface area contributed by atoms with Crippen LogP contribution in [0.3, 0.4) is 0 Å². The van der Waals surface area contributed by atoms with Gasteiger partial charge in [0.1, 0.15) is 0 Å². The molecule has 1 heterocycles. The highest BCUT2D eigenvalue weighted by Crippen LogP contribution is 2.19. The number of nitrogen functional groups attached to an aromatic ring is 1. The van der Waals surface area contributed by atoms with E-state index in [1.54, 1.807) is 4.68 Å². The second-order valence-electron chi connectivity index (χ2n) is 3.35. The van der Waals surface area contributed by atoms with E-state index in [-0.39, 0.29) is 0 Å². The van der Waals surface area contributed by atoms with E-state index in [1.807, 2.05) is 32.0 Å². The fraction of sp³-hybridized carbons (Fsp3) is 0.300. The first-order valence-corrected chi connectivity index (χ1v) is 4.86. The summed E-state index contributed by atoms with van der Waals surface area (Å²) in [7, 11) is 0. The Morgan fingerprint density at radius 2 is 2.20 bits per heavy atom. The molecule has 2 N–H and O–H groups in total. The molecule has 0 amide bonds. The Hall–Kier alpha value is -1.91. The monoisotopic (exact) mass is 203 g/mol. The maximum atomic E-state index is 5.84. The third kappa shape index (κ3) is 1.56. The van der Waals surface area contributed by atoms with Crippen LogP contribution in [-0.4, -0.2) is 20.2 Å². The Kier molecular flexibility index (Phi) is 2.37. The molecule has 78 valence electrons. The molecule has 1 aromatic heterocycles. The van der Waals surface area contributed by atoms with Crippen molar-refractivity contribution in [3.8, 4) is 5.69 Å². The Labute approximate surface area is 87.9 Å². The lowest BCUT2D eigenvalue weighted by Crippen LogP contribution is -2.05. The van der Waals surface area contributed by atoms with E-state index in [9.17, 15) is 0 Å². The van der Waals surface area contributed by atoms with E-state index in [0.717, 1.165) is 29.2 Å². The average Bonchev–Trinajstić information content (AvgIpc) is 2.70. The topological polar surface area (TPSA) is 69.6 Å². The van der Waals surface area contributed by atoms with E-state index >= 15 is 0 Å². The van der Waals surface area contributed by atoms with Crippen LogP contribution in [0, 0.1) is 6.92 Å². The minimum Gasteiger partial charge on any atom is -0.398 e. The van der Waals surface area contributed by atoms with Gasteiger partial charge in [0, 0.05) is 12.1 Å². The number of hydrogen-bond donors (Lipinski definition) is 1. The summed E-state index contributed by atoms with van der Waals surface area (Å²) in [6, 6.07) is 5.73. The Balaban J connectivity index is 2.59. The van der Waals surface area contributed by atoms with Gasteiger partial charge in [-0.2, -0.15) is 4.68 Å². The molecule has 5 heteroatoms. The van der Waals surface area contributed by atoms with Crippen LogP contribution in [0.4, 0.5) is 5.69 Å². The van der Waals surface area contributed by atoms with Crippen molar-refractivity contribution in [2.45, 2.75) is 20.3 Å². The smallest absolute Gasteiger partial charge is 0.156 e. The first-order chi connectivity index (χ1) is 7.24. The van der Waals surface area contributed by atoms with Crippen molar-refractivity contribution in [1.82, 2.24) is 20.2 Å². The summed E-state index contributed by atoms with van der Waals surface area (Å²) in [5.74, 6) is 0.837. The fourth-order valence-corrected chi connectivity index (χ4v) is 1.48. The number of nitrogens with zero attached hydrogens (tertiary/aromatic N) is 4. The molecule has 15 heavy (non-hydrogen) atoms. The lowest BCUT2D eigenvalue weighted by Gasteiger charge is -2.08. The molecule has 0 bridgehead atoms. The molecule has 2 aromatic rings. The van der Waals surface area contributed by atoms with E-state index in [4.69, 9.17) is 5.73 Å². The lowest BCUT2D eigenvalue weighted by molar-refractivity contribution is 0.763. The molecule has 5 nitrogen and oxygen atoms in total. The minimum atomic E-state index is 0.755. The summed E-state index contributed by atoms with van der Waals surface area (Å²) < 4.78 is 1.73. The number of rotatable bonds is 2. The van der Waals surface area contributed by atoms with Crippen molar-refractivity contribution < 1.29 is 0 Å². The van der Waals surface area contributed by atoms with Crippen molar-refractivity contribution in [1.29, 1.82) is 0 Å². The number of aryl methyl sites for hydroxylation is 1. The van der Waals surface area contributed by atoms with E-state index in [1.165, 1.54) is 0 Å². The van der Waals surface area contributed by atoms with Crippen LogP contribution in [0.1, 0.15) is 18.3 Å². The molecule has 0 spiro atoms. The van der Waals surface area contributed by atoms with Gasteiger partial charge in [0.25, 0.3) is 0 Å². The summed E-state index contributed by atoms with van der Waals surface area (Å²) in [4.78, 5) is 0. The van der Waals surface area contributed by atoms with Crippen LogP contribution in [0.15, 0.2) is 18.2 Å². The van der Waals surface area contributed by atoms with Crippen molar-refractivity contribution in [3.05, 3.63) is 29.6 Å². The normalized spacial score (nSPS) is 10.5. The van der Waals surface area contributed by atoms with Gasteiger partial charge in [-0.05, 0) is 35.0 Å². The molecule has 0 aliphatic rings. The molecule has 0 unspecified atom stereocenters. The van der Waals surface area contributed by atoms with Crippen LogP contribution in [0.2, 0.25) is 0 Å². The number of tetrazole rings is 1. The number of aromatic nitrogens is 4. The largest absolute Gasteiger partial charge is 0.398 e. The summed E-state index contributed by atoms with van der Waals surface area (Å²) in [6.45, 7) is 3.98. The second kappa shape index (κ2) is 3.68. The molecule has 0 fully saturated rings. The van der Waals surface area contributed by atoms with Gasteiger partial charge in [-0.15, -0.1) is 5.10 Å². The molecule has 2 rings (SSSR count). The summed E-state index contributed by atoms with van der Waals surface area (Å²) in [5, 5.41) is 11.6. The van der Waals surface area contributed by atoms with Crippen LogP contribution in [-0.2, 0) is 6.42 Å². The first-order valence-electron chi connectivity index (χ1n) is 4.86. The maximum absolute atomic E-state index is 5.84. The summed E-state index contributed by atoms with van der Waals surface area (Å²) in [5.41, 5.74) is 8.53. The summed E-state index contributed by atoms with van der Waals surface area (Å²) in [6.07, 6.45) is 0.793. The van der Waals surface area contributed by atoms with Crippen LogP contribution < -0.4 is 5.73 Å². The SMILES string of the molecule is CCc1nnnn1-c1cccc(N)c1C. The van der Waals surface area contributed by atoms with Crippen molar-refractivity contribution >= 4 is 5.69 Å². The van der Waals surface area contributed by atoms with Crippen molar-refractivity contribution in [2.24, 2.45) is 0 Å². The van der Waals surface area contributed by atoms with Gasteiger partial charge in [0.2, 0.25) is 0 Å². The Bertz CT molecular complexity index is 474. The molecule has 0 radical (unpaired) electrons. The Morgan fingerprint density at radius 1 is 1.40 bits per heavy atom. The van der Waals surface area contributed by atoms with Gasteiger partial charge < -0.3 is 5.73 Å². The maximum Gasteiger partial charge on any atom is 0.156 e. The van der Waals surface area contributed by atoms with Crippen LogP contribution in [0.5, 0.6) is 0 Å². The molecule has 0 saturated carbocycles. The predicted octanol–water partition coefficient (Wildman–Crippen LogP) is 1.12. The van der Waals surface area contributed by atoms with Crippen LogP contribution in [0.25, 0.3) is 5.69 Å². The molecule has 0 atom stereocenters. The molecule has 1 aromatic carbocycles. The zero-order valence-electron chi connectivity index (χ0n) is 8.81. The molecular formula is C10H13N5. The minimum absolute atomic E-state index is 0.755. The third-order valence-electron chi connectivity index (χ3n) is 2.43. The third-order valence-corrected chi connectivity index (χ3v) is 2.43. The predicted molar refractivity (Wildman–Crippen MR) is 57.7 cm³/mol. The number of benzene rings is 1. The van der Waals surface area contributed by atoms with E-state index < -0.39 is 0 Å². The number of hydrogen-bond acceptors (Lipinski definition) is 4. The van der Waals surface area contributed by atoms with Gasteiger partial charge in [-0.1, -0.05) is 13.0 Å². The van der Waals surface area contributed by atoms with E-state index in [0.29, 0.717) is 0 Å². The second-order valence-corrected chi connectivity index (χ2v) is 3.35. The van der Waals surface area contributed by atoms with Gasteiger partial charge in [0.05, 0.1) is 5.69 Å². The first kappa shape index (κ1) is 9.64. The summed E-state index contributed by atoms with van der Waals surface area (Å²) >= 11 is 0.